The predicted octanol–water partition coefficient (Wildman–Crippen LogP) is 5.90. The van der Waals surface area contributed by atoms with Gasteiger partial charge in [-0.05, 0) is 68.1 Å². The highest BCUT2D eigenvalue weighted by Crippen LogP contribution is 2.38. The molecule has 1 aromatic heterocycles. The third-order valence-electron chi connectivity index (χ3n) is 6.39. The number of fused-ring (bicyclic) bond motifs is 2. The van der Waals surface area contributed by atoms with Crippen LogP contribution in [0.4, 0.5) is 0 Å². The van der Waals surface area contributed by atoms with Crippen LogP contribution in [0, 0.1) is 6.92 Å². The first-order chi connectivity index (χ1) is 18.4. The van der Waals surface area contributed by atoms with Crippen molar-refractivity contribution in [2.45, 2.75) is 40.5 Å². The summed E-state index contributed by atoms with van der Waals surface area (Å²) in [5, 5.41) is 5.14. The van der Waals surface area contributed by atoms with Gasteiger partial charge in [0.05, 0.1) is 30.3 Å². The molecule has 0 fully saturated rings. The van der Waals surface area contributed by atoms with Crippen molar-refractivity contribution in [2.24, 2.45) is 5.10 Å². The molecule has 0 atom stereocenters. The van der Waals surface area contributed by atoms with Crippen LogP contribution in [0.5, 0.6) is 23.0 Å². The summed E-state index contributed by atoms with van der Waals surface area (Å²) in [7, 11) is 0. The van der Waals surface area contributed by atoms with Crippen molar-refractivity contribution in [3.63, 3.8) is 0 Å². The van der Waals surface area contributed by atoms with Crippen molar-refractivity contribution in [1.29, 1.82) is 0 Å². The number of ether oxygens (including phenoxy) is 4. The molecule has 38 heavy (non-hydrogen) atoms. The first kappa shape index (κ1) is 25.3. The molecule has 8 heteroatoms. The Labute approximate surface area is 221 Å². The summed E-state index contributed by atoms with van der Waals surface area (Å²) in [6.45, 7) is 11.3. The molecule has 0 bridgehead atoms. The summed E-state index contributed by atoms with van der Waals surface area (Å²) in [5.41, 5.74) is 3.79. The van der Waals surface area contributed by atoms with Gasteiger partial charge in [0.2, 0.25) is 6.79 Å². The number of hydrogen-bond donors (Lipinski definition) is 0. The van der Waals surface area contributed by atoms with Crippen LogP contribution in [-0.2, 0) is 0 Å². The fraction of sp³-hybridized carbons (Fsp3) is 0.300. The van der Waals surface area contributed by atoms with Crippen LogP contribution in [0.3, 0.4) is 0 Å². The lowest BCUT2D eigenvalue weighted by molar-refractivity contribution is 0.174. The van der Waals surface area contributed by atoms with Crippen molar-refractivity contribution >= 4 is 17.1 Å². The Hall–Kier alpha value is -4.33. The van der Waals surface area contributed by atoms with Crippen LogP contribution in [0.15, 0.2) is 58.4 Å². The smallest absolute Gasteiger partial charge is 0.282 e. The largest absolute Gasteiger partial charge is 0.494 e. The van der Waals surface area contributed by atoms with Gasteiger partial charge >= 0.3 is 0 Å². The second-order valence-corrected chi connectivity index (χ2v) is 9.28. The minimum Gasteiger partial charge on any atom is -0.494 e. The van der Waals surface area contributed by atoms with Crippen molar-refractivity contribution in [2.75, 3.05) is 20.0 Å². The van der Waals surface area contributed by atoms with Gasteiger partial charge in [0.25, 0.3) is 5.56 Å². The quantitative estimate of drug-likeness (QED) is 0.273. The SMILES string of the molecule is CCOc1cc2c(cc1C=Nn1c(-c3cc(C(C)C)c(OCC)cc3C)nc3ccccc3c1=O)OCO2. The maximum atomic E-state index is 13.7. The van der Waals surface area contributed by atoms with Gasteiger partial charge in [-0.2, -0.15) is 9.78 Å². The second-order valence-electron chi connectivity index (χ2n) is 9.28. The van der Waals surface area contributed by atoms with Gasteiger partial charge in [-0.3, -0.25) is 4.79 Å². The zero-order chi connectivity index (χ0) is 26.8. The lowest BCUT2D eigenvalue weighted by Crippen LogP contribution is -2.21. The van der Waals surface area contributed by atoms with E-state index in [9.17, 15) is 4.79 Å². The van der Waals surface area contributed by atoms with E-state index in [-0.39, 0.29) is 18.3 Å². The van der Waals surface area contributed by atoms with E-state index in [1.165, 1.54) is 4.68 Å². The maximum Gasteiger partial charge on any atom is 0.282 e. The van der Waals surface area contributed by atoms with Crippen molar-refractivity contribution in [3.8, 4) is 34.4 Å². The summed E-state index contributed by atoms with van der Waals surface area (Å²) in [6.07, 6.45) is 1.60. The molecule has 196 valence electrons. The Morgan fingerprint density at radius 1 is 1.03 bits per heavy atom. The Bertz CT molecular complexity index is 1590. The van der Waals surface area contributed by atoms with Gasteiger partial charge < -0.3 is 18.9 Å². The standard InChI is InChI=1S/C30H31N3O5/c1-6-35-25-15-28-27(37-17-38-28)13-20(25)16-31-33-29(32-24-11-9-8-10-21(24)30(33)34)23-14-22(18(3)4)26(36-7-2)12-19(23)5/h8-16,18H,6-7,17H2,1-5H3. The van der Waals surface area contributed by atoms with E-state index in [2.05, 4.69) is 25.0 Å². The van der Waals surface area contributed by atoms with Crippen LogP contribution < -0.4 is 24.5 Å². The zero-order valence-corrected chi connectivity index (χ0v) is 22.3. The molecule has 1 aliphatic rings. The lowest BCUT2D eigenvalue weighted by atomic mass is 9.96. The Morgan fingerprint density at radius 2 is 1.74 bits per heavy atom. The number of aromatic nitrogens is 2. The number of nitrogens with zero attached hydrogens (tertiary/aromatic N) is 3. The summed E-state index contributed by atoms with van der Waals surface area (Å²) >= 11 is 0. The van der Waals surface area contributed by atoms with Gasteiger partial charge in [-0.25, -0.2) is 4.98 Å². The summed E-state index contributed by atoms with van der Waals surface area (Å²) in [4.78, 5) is 18.7. The van der Waals surface area contributed by atoms with Crippen molar-refractivity contribution in [3.05, 3.63) is 75.6 Å². The topological polar surface area (TPSA) is 84.2 Å². The van der Waals surface area contributed by atoms with E-state index in [1.807, 2.05) is 45.0 Å². The van der Waals surface area contributed by atoms with Crippen molar-refractivity contribution < 1.29 is 18.9 Å². The molecule has 1 aliphatic heterocycles. The molecule has 3 aromatic carbocycles. The number of benzene rings is 3. The molecule has 5 rings (SSSR count). The van der Waals surface area contributed by atoms with Crippen LogP contribution >= 0.6 is 0 Å². The molecule has 0 saturated carbocycles. The fourth-order valence-corrected chi connectivity index (χ4v) is 4.52. The second kappa shape index (κ2) is 10.6. The van der Waals surface area contributed by atoms with Crippen LogP contribution in [-0.4, -0.2) is 35.9 Å². The summed E-state index contributed by atoms with van der Waals surface area (Å²) < 4.78 is 24.1. The molecule has 0 saturated heterocycles. The van der Waals surface area contributed by atoms with E-state index < -0.39 is 0 Å². The molecule has 4 aromatic rings. The van der Waals surface area contributed by atoms with E-state index in [0.29, 0.717) is 52.8 Å². The Kier molecular flexibility index (Phi) is 7.05. The molecule has 8 nitrogen and oxygen atoms in total. The highest BCUT2D eigenvalue weighted by molar-refractivity contribution is 5.86. The summed E-state index contributed by atoms with van der Waals surface area (Å²) in [6, 6.07) is 14.9. The third kappa shape index (κ3) is 4.69. The molecular formula is C30H31N3O5. The lowest BCUT2D eigenvalue weighted by Gasteiger charge is -2.18. The van der Waals surface area contributed by atoms with Gasteiger partial charge in [0.15, 0.2) is 17.3 Å². The maximum absolute atomic E-state index is 13.7. The molecular weight excluding hydrogens is 482 g/mol. The zero-order valence-electron chi connectivity index (χ0n) is 22.3. The Morgan fingerprint density at radius 3 is 2.47 bits per heavy atom. The highest BCUT2D eigenvalue weighted by atomic mass is 16.7. The van der Waals surface area contributed by atoms with E-state index in [4.69, 9.17) is 23.9 Å². The normalized spacial score (nSPS) is 12.6. The first-order valence-corrected chi connectivity index (χ1v) is 12.8. The molecule has 0 spiro atoms. The number of hydrogen-bond acceptors (Lipinski definition) is 7. The van der Waals surface area contributed by atoms with E-state index in [1.54, 1.807) is 24.4 Å². The minimum atomic E-state index is -0.264. The van der Waals surface area contributed by atoms with Crippen molar-refractivity contribution in [1.82, 2.24) is 9.66 Å². The monoisotopic (exact) mass is 513 g/mol. The molecule has 0 aliphatic carbocycles. The molecule has 0 radical (unpaired) electrons. The van der Waals surface area contributed by atoms with Gasteiger partial charge in [-0.15, -0.1) is 0 Å². The molecule has 2 heterocycles. The van der Waals surface area contributed by atoms with Gasteiger partial charge in [0.1, 0.15) is 11.5 Å². The predicted molar refractivity (Wildman–Crippen MR) is 148 cm³/mol. The summed E-state index contributed by atoms with van der Waals surface area (Å²) in [5.74, 6) is 3.30. The van der Waals surface area contributed by atoms with Crippen LogP contribution in [0.1, 0.15) is 50.3 Å². The number of aryl methyl sites for hydroxylation is 1. The molecule has 0 N–H and O–H groups in total. The first-order valence-electron chi connectivity index (χ1n) is 12.8. The number of rotatable bonds is 8. The highest BCUT2D eigenvalue weighted by Gasteiger charge is 2.20. The van der Waals surface area contributed by atoms with Gasteiger partial charge in [0, 0.05) is 17.2 Å². The molecule has 0 unspecified atom stereocenters. The third-order valence-corrected chi connectivity index (χ3v) is 6.39. The van der Waals surface area contributed by atoms with E-state index >= 15 is 0 Å². The number of para-hydroxylation sites is 1. The van der Waals surface area contributed by atoms with Gasteiger partial charge in [-0.1, -0.05) is 26.0 Å². The van der Waals surface area contributed by atoms with E-state index in [0.717, 1.165) is 22.4 Å². The average molecular weight is 514 g/mol. The Balaban J connectivity index is 1.72. The fourth-order valence-electron chi connectivity index (χ4n) is 4.52. The minimum absolute atomic E-state index is 0.148. The molecule has 0 amide bonds. The van der Waals surface area contributed by atoms with Crippen LogP contribution in [0.25, 0.3) is 22.3 Å². The van der Waals surface area contributed by atoms with Crippen LogP contribution in [0.2, 0.25) is 0 Å². The average Bonchev–Trinajstić information content (AvgIpc) is 3.36.